The number of aliphatic carboxylic acids is 1. The van der Waals surface area contributed by atoms with Gasteiger partial charge in [-0.3, -0.25) is 9.59 Å². The number of piperazine rings is 1. The molecule has 8 heteroatoms. The van der Waals surface area contributed by atoms with Crippen LogP contribution < -0.4 is 10.2 Å². The maximum atomic E-state index is 13.0. The lowest BCUT2D eigenvalue weighted by atomic mass is 10.0. The summed E-state index contributed by atoms with van der Waals surface area (Å²) in [5, 5.41) is 12.3. The summed E-state index contributed by atoms with van der Waals surface area (Å²) >= 11 is 0. The van der Waals surface area contributed by atoms with E-state index in [4.69, 9.17) is 0 Å². The third-order valence-electron chi connectivity index (χ3n) is 6.02. The van der Waals surface area contributed by atoms with E-state index in [1.54, 1.807) is 6.07 Å². The van der Waals surface area contributed by atoms with Crippen molar-refractivity contribution in [1.29, 1.82) is 0 Å². The molecule has 0 saturated carbocycles. The van der Waals surface area contributed by atoms with Crippen LogP contribution in [0, 0.1) is 5.92 Å². The van der Waals surface area contributed by atoms with Crippen molar-refractivity contribution in [2.24, 2.45) is 5.92 Å². The van der Waals surface area contributed by atoms with E-state index in [9.17, 15) is 19.5 Å². The molecule has 2 atom stereocenters. The number of carboxylic acids is 1. The molecule has 30 heavy (non-hydrogen) atoms. The first-order valence-electron chi connectivity index (χ1n) is 10.7. The average molecular weight is 417 g/mol. The minimum atomic E-state index is -0.991. The highest BCUT2D eigenvalue weighted by molar-refractivity contribution is 5.99. The first-order valence-corrected chi connectivity index (χ1v) is 10.7. The Hall–Kier alpha value is -2.61. The molecular weight excluding hydrogens is 384 g/mol. The van der Waals surface area contributed by atoms with Gasteiger partial charge in [0.25, 0.3) is 5.91 Å². The highest BCUT2D eigenvalue weighted by Gasteiger charge is 2.38. The number of likely N-dealkylation sites (tertiary alicyclic amines) is 1. The summed E-state index contributed by atoms with van der Waals surface area (Å²) in [5.41, 5.74) is 1.50. The van der Waals surface area contributed by atoms with Gasteiger partial charge in [0.2, 0.25) is 5.91 Å². The third-order valence-corrected chi connectivity index (χ3v) is 6.02. The Labute approximate surface area is 177 Å². The number of benzene rings is 1. The van der Waals surface area contributed by atoms with E-state index < -0.39 is 18.1 Å². The van der Waals surface area contributed by atoms with E-state index in [0.29, 0.717) is 24.9 Å². The number of nitrogens with zero attached hydrogens (tertiary/aromatic N) is 3. The van der Waals surface area contributed by atoms with E-state index in [2.05, 4.69) is 22.2 Å². The molecule has 2 N–H and O–H groups in total. The molecular formula is C22H32N4O4. The molecule has 164 valence electrons. The molecule has 2 aliphatic heterocycles. The van der Waals surface area contributed by atoms with E-state index in [0.717, 1.165) is 31.9 Å². The van der Waals surface area contributed by atoms with Crippen molar-refractivity contribution >= 4 is 23.5 Å². The van der Waals surface area contributed by atoms with Crippen molar-refractivity contribution in [1.82, 2.24) is 15.1 Å². The van der Waals surface area contributed by atoms with E-state index in [1.807, 2.05) is 32.0 Å². The van der Waals surface area contributed by atoms with Gasteiger partial charge < -0.3 is 25.1 Å². The second-order valence-corrected chi connectivity index (χ2v) is 8.56. The molecule has 2 heterocycles. The van der Waals surface area contributed by atoms with Crippen LogP contribution in [0.1, 0.15) is 37.0 Å². The maximum Gasteiger partial charge on any atom is 0.326 e. The largest absolute Gasteiger partial charge is 0.480 e. The summed E-state index contributed by atoms with van der Waals surface area (Å²) in [6, 6.07) is 5.89. The third kappa shape index (κ3) is 4.92. The second kappa shape index (κ2) is 9.47. The van der Waals surface area contributed by atoms with Gasteiger partial charge >= 0.3 is 5.97 Å². The molecule has 1 aromatic carbocycles. The fourth-order valence-electron chi connectivity index (χ4n) is 4.11. The summed E-state index contributed by atoms with van der Waals surface area (Å²) in [6.45, 7) is 7.88. The van der Waals surface area contributed by atoms with Crippen molar-refractivity contribution in [3.63, 3.8) is 0 Å². The molecule has 2 amide bonds. The van der Waals surface area contributed by atoms with Crippen molar-refractivity contribution in [2.75, 3.05) is 44.7 Å². The smallest absolute Gasteiger partial charge is 0.326 e. The molecule has 0 spiro atoms. The minimum Gasteiger partial charge on any atom is -0.480 e. The molecule has 0 radical (unpaired) electrons. The highest BCUT2D eigenvalue weighted by Crippen LogP contribution is 2.21. The van der Waals surface area contributed by atoms with Gasteiger partial charge in [-0.2, -0.15) is 0 Å². The zero-order valence-corrected chi connectivity index (χ0v) is 18.0. The second-order valence-electron chi connectivity index (χ2n) is 8.56. The number of carbonyl (C=O) groups is 3. The quantitative estimate of drug-likeness (QED) is 0.726. The van der Waals surface area contributed by atoms with E-state index >= 15 is 0 Å². The van der Waals surface area contributed by atoms with Crippen LogP contribution in [0.25, 0.3) is 0 Å². The van der Waals surface area contributed by atoms with Crippen LogP contribution in [-0.4, -0.2) is 84.5 Å². The summed E-state index contributed by atoms with van der Waals surface area (Å²) in [4.78, 5) is 43.4. The molecule has 2 fully saturated rings. The highest BCUT2D eigenvalue weighted by atomic mass is 16.4. The van der Waals surface area contributed by atoms with Crippen LogP contribution in [0.3, 0.4) is 0 Å². The number of hydrogen-bond donors (Lipinski definition) is 2. The summed E-state index contributed by atoms with van der Waals surface area (Å²) in [7, 11) is 2.10. The number of hydrogen-bond acceptors (Lipinski definition) is 5. The molecule has 3 rings (SSSR count). The van der Waals surface area contributed by atoms with Crippen molar-refractivity contribution in [2.45, 2.75) is 38.8 Å². The number of rotatable bonds is 6. The Bertz CT molecular complexity index is 789. The molecule has 2 aliphatic rings. The summed E-state index contributed by atoms with van der Waals surface area (Å²) < 4.78 is 0. The fraction of sp³-hybridized carbons (Fsp3) is 0.591. The van der Waals surface area contributed by atoms with Crippen LogP contribution in [0.15, 0.2) is 24.3 Å². The van der Waals surface area contributed by atoms with Gasteiger partial charge in [-0.25, -0.2) is 4.79 Å². The maximum absolute atomic E-state index is 13.0. The fourth-order valence-corrected chi connectivity index (χ4v) is 4.11. The number of likely N-dealkylation sites (N-methyl/N-ethyl adjacent to an activating group) is 1. The number of carbonyl (C=O) groups excluding carboxylic acids is 2. The number of anilines is 1. The SMILES string of the molecule is CC(C)C(NC(=O)c1cccc(N2CCN(C)CC2)c1)C(=O)N1CCC[C@H]1C(=O)O. The lowest BCUT2D eigenvalue weighted by Gasteiger charge is -2.34. The monoisotopic (exact) mass is 416 g/mol. The molecule has 0 aromatic heterocycles. The first-order chi connectivity index (χ1) is 14.3. The van der Waals surface area contributed by atoms with Gasteiger partial charge in [0, 0.05) is 44.0 Å². The van der Waals surface area contributed by atoms with Crippen LogP contribution in [0.5, 0.6) is 0 Å². The average Bonchev–Trinajstić information content (AvgIpc) is 3.22. The normalized spacial score (nSPS) is 21.0. The van der Waals surface area contributed by atoms with Gasteiger partial charge in [-0.15, -0.1) is 0 Å². The zero-order valence-electron chi connectivity index (χ0n) is 18.0. The summed E-state index contributed by atoms with van der Waals surface area (Å²) in [5.74, 6) is -1.78. The summed E-state index contributed by atoms with van der Waals surface area (Å²) in [6.07, 6.45) is 1.11. The van der Waals surface area contributed by atoms with Crippen molar-refractivity contribution < 1.29 is 19.5 Å². The van der Waals surface area contributed by atoms with Gasteiger partial charge in [-0.1, -0.05) is 19.9 Å². The van der Waals surface area contributed by atoms with Crippen molar-refractivity contribution in [3.05, 3.63) is 29.8 Å². The lowest BCUT2D eigenvalue weighted by Crippen LogP contribution is -2.53. The Morgan fingerprint density at radius 1 is 1.10 bits per heavy atom. The molecule has 2 saturated heterocycles. The van der Waals surface area contributed by atoms with E-state index in [1.165, 1.54) is 4.90 Å². The van der Waals surface area contributed by atoms with Crippen LogP contribution in [0.2, 0.25) is 0 Å². The first kappa shape index (κ1) is 22.1. The number of nitrogens with one attached hydrogen (secondary N) is 1. The topological polar surface area (TPSA) is 93.2 Å². The Morgan fingerprint density at radius 3 is 2.43 bits per heavy atom. The predicted octanol–water partition coefficient (Wildman–Crippen LogP) is 1.27. The standard InChI is InChI=1S/C22H32N4O4/c1-15(2)19(21(28)26-9-5-8-18(26)22(29)30)23-20(27)16-6-4-7-17(14-16)25-12-10-24(3)11-13-25/h4,6-7,14-15,18-19H,5,8-13H2,1-3H3,(H,23,27)(H,29,30)/t18-,19?/m0/s1. The number of amides is 2. The van der Waals surface area contributed by atoms with Crippen LogP contribution in [-0.2, 0) is 9.59 Å². The van der Waals surface area contributed by atoms with E-state index in [-0.39, 0.29) is 17.7 Å². The zero-order chi connectivity index (χ0) is 21.8. The predicted molar refractivity (Wildman–Crippen MR) is 115 cm³/mol. The van der Waals surface area contributed by atoms with Crippen LogP contribution in [0.4, 0.5) is 5.69 Å². The molecule has 8 nitrogen and oxygen atoms in total. The van der Waals surface area contributed by atoms with Gasteiger partial charge in [0.05, 0.1) is 0 Å². The Morgan fingerprint density at radius 2 is 1.80 bits per heavy atom. The van der Waals surface area contributed by atoms with Crippen molar-refractivity contribution in [3.8, 4) is 0 Å². The Balaban J connectivity index is 1.72. The number of carboxylic acid groups (broad SMARTS) is 1. The molecule has 0 bridgehead atoms. The van der Waals surface area contributed by atoms with Gasteiger partial charge in [-0.05, 0) is 44.0 Å². The lowest BCUT2D eigenvalue weighted by molar-refractivity contribution is -0.149. The molecule has 1 aromatic rings. The molecule has 0 aliphatic carbocycles. The Kier molecular flexibility index (Phi) is 6.97. The minimum absolute atomic E-state index is 0.155. The van der Waals surface area contributed by atoms with Crippen LogP contribution >= 0.6 is 0 Å². The van der Waals surface area contributed by atoms with Gasteiger partial charge in [0.15, 0.2) is 0 Å². The van der Waals surface area contributed by atoms with Gasteiger partial charge in [0.1, 0.15) is 12.1 Å². The molecule has 1 unspecified atom stereocenters.